The molecule has 0 aliphatic rings. The number of hydrogen-bond acceptors (Lipinski definition) is 1. The van der Waals surface area contributed by atoms with Crippen molar-refractivity contribution < 1.29 is 41.4 Å². The summed E-state index contributed by atoms with van der Waals surface area (Å²) in [7, 11) is 0. The maximum Gasteiger partial charge on any atom is 0.143 e. The van der Waals surface area contributed by atoms with Gasteiger partial charge in [-0.3, -0.25) is 0 Å². The van der Waals surface area contributed by atoms with Crippen LogP contribution in [0.3, 0.4) is 0 Å². The minimum atomic E-state index is -1.05. The summed E-state index contributed by atoms with van der Waals surface area (Å²) in [6.45, 7) is 0. The Balaban J connectivity index is 1.64. The quantitative estimate of drug-likeness (QED) is 0.183. The zero-order chi connectivity index (χ0) is 53.2. The van der Waals surface area contributed by atoms with Crippen molar-refractivity contribution in [3.63, 3.8) is 0 Å². The smallest absolute Gasteiger partial charge is 0.143 e. The summed E-state index contributed by atoms with van der Waals surface area (Å²) in [6, 6.07) is -24.2. The molecule has 0 saturated heterocycles. The second-order valence-electron chi connectivity index (χ2n) is 9.59. The van der Waals surface area contributed by atoms with Crippen molar-refractivity contribution in [3.8, 4) is 44.5 Å². The molecule has 0 amide bonds. The highest BCUT2D eigenvalue weighted by molar-refractivity contribution is 6.25. The second-order valence-corrected chi connectivity index (χ2v) is 9.59. The fraction of sp³-hybridized carbons (Fsp3) is 0. The van der Waals surface area contributed by atoms with Crippen LogP contribution < -0.4 is 0 Å². The summed E-state index contributed by atoms with van der Waals surface area (Å²) < 4.78 is 247. The summed E-state index contributed by atoms with van der Waals surface area (Å²) in [5, 5.41) is -3.69. The van der Waals surface area contributed by atoms with Gasteiger partial charge in [0.2, 0.25) is 0 Å². The lowest BCUT2D eigenvalue weighted by atomic mass is 9.83. The summed E-state index contributed by atoms with van der Waals surface area (Å²) in [4.78, 5) is 0. The standard InChI is InChI=1S/C44H28O/c1-3-15-29(16-4-1)31-19-7-8-20-33(31)41-34-21-9-11-23-36(34)42(37-24-12-10-22-35(37)41)38-26-13-27-39-43-32(30-17-5-2-6-18-30)25-14-28-40(43)45-44(38)39/h1-28H/i1D,2D,3D,4D,5D,6D,7D,8D,9D,10D,11D,12D,13D,14D,15D,16D,17D,18D,19D,20D,21D,22D,23D,24D,25D,26D,28D. The van der Waals surface area contributed by atoms with Gasteiger partial charge in [0, 0.05) is 21.9 Å². The van der Waals surface area contributed by atoms with E-state index in [1.807, 2.05) is 0 Å². The fourth-order valence-corrected chi connectivity index (χ4v) is 5.48. The van der Waals surface area contributed by atoms with E-state index >= 15 is 0 Å². The molecule has 210 valence electrons. The fourth-order valence-electron chi connectivity index (χ4n) is 5.48. The van der Waals surface area contributed by atoms with E-state index in [-0.39, 0.29) is 10.8 Å². The molecule has 45 heavy (non-hydrogen) atoms. The molecular weight excluding hydrogens is 544 g/mol. The normalized spacial score (nSPS) is 20.0. The van der Waals surface area contributed by atoms with Crippen LogP contribution in [0.4, 0.5) is 0 Å². The lowest BCUT2D eigenvalue weighted by molar-refractivity contribution is 0.670. The van der Waals surface area contributed by atoms with Crippen LogP contribution in [0, 0.1) is 0 Å². The van der Waals surface area contributed by atoms with E-state index in [2.05, 4.69) is 0 Å². The molecule has 0 radical (unpaired) electrons. The number of fused-ring (bicyclic) bond motifs is 5. The largest absolute Gasteiger partial charge is 0.455 e. The van der Waals surface area contributed by atoms with Gasteiger partial charge in [-0.15, -0.1) is 0 Å². The van der Waals surface area contributed by atoms with Crippen LogP contribution in [0.25, 0.3) is 88.0 Å². The molecule has 1 heterocycles. The van der Waals surface area contributed by atoms with E-state index in [9.17, 15) is 11.0 Å². The monoisotopic (exact) mass is 599 g/mol. The molecule has 8 aromatic carbocycles. The minimum Gasteiger partial charge on any atom is -0.455 e. The molecule has 0 N–H and O–H groups in total. The molecule has 0 spiro atoms. The third-order valence-corrected chi connectivity index (χ3v) is 7.26. The Bertz CT molecular complexity index is 3920. The lowest BCUT2D eigenvalue weighted by Gasteiger charge is -2.19. The summed E-state index contributed by atoms with van der Waals surface area (Å²) >= 11 is 0. The Morgan fingerprint density at radius 1 is 0.356 bits per heavy atom. The van der Waals surface area contributed by atoms with Gasteiger partial charge in [-0.2, -0.15) is 0 Å². The first-order valence-electron chi connectivity index (χ1n) is 26.7. The molecule has 1 heteroatoms. The van der Waals surface area contributed by atoms with Gasteiger partial charge < -0.3 is 4.42 Å². The molecule has 1 aromatic heterocycles. The maximum absolute atomic E-state index is 9.51. The third kappa shape index (κ3) is 4.02. The van der Waals surface area contributed by atoms with Crippen LogP contribution >= 0.6 is 0 Å². The molecule has 9 aromatic rings. The van der Waals surface area contributed by atoms with E-state index < -0.39 is 240 Å². The molecule has 0 unspecified atom stereocenters. The van der Waals surface area contributed by atoms with E-state index in [1.54, 1.807) is 0 Å². The minimum absolute atomic E-state index is 0.336. The van der Waals surface area contributed by atoms with Crippen LogP contribution in [0.1, 0.15) is 37.0 Å². The van der Waals surface area contributed by atoms with Crippen LogP contribution in [-0.4, -0.2) is 0 Å². The molecule has 0 aliphatic heterocycles. The molecule has 9 rings (SSSR count). The highest BCUT2D eigenvalue weighted by Gasteiger charge is 2.22. The van der Waals surface area contributed by atoms with Crippen molar-refractivity contribution in [2.24, 2.45) is 0 Å². The predicted molar refractivity (Wildman–Crippen MR) is 190 cm³/mol. The van der Waals surface area contributed by atoms with Gasteiger partial charge in [0.05, 0.1) is 37.0 Å². The SMILES string of the molecule is [2H]c1cc2c(oc3c([2H])c([2H])c([2H])c(-c4c([2H])c([2H])c([2H])c([2H])c4[2H])c32)c(-c2c3c([2H])c([2H])c([2H])c([2H])c3c(-c3c([2H])c([2H])c([2H])c([2H])c3-c3c([2H])c([2H])c([2H])c([2H])c3[2H])c3c([2H])c([2H])c([2H])c([2H])c23)c1[2H]. The Kier molecular flexibility index (Phi) is 2.38. The highest BCUT2D eigenvalue weighted by Crippen LogP contribution is 2.48. The number of benzene rings is 8. The van der Waals surface area contributed by atoms with E-state index in [0.29, 0.717) is 0 Å². The van der Waals surface area contributed by atoms with Crippen molar-refractivity contribution >= 4 is 43.5 Å². The van der Waals surface area contributed by atoms with Gasteiger partial charge in [-0.05, 0) is 61.0 Å². The Hall–Kier alpha value is -5.92. The van der Waals surface area contributed by atoms with Crippen molar-refractivity contribution in [1.29, 1.82) is 0 Å². The number of hydrogen-bond donors (Lipinski definition) is 0. The molecule has 0 bridgehead atoms. The van der Waals surface area contributed by atoms with Gasteiger partial charge in [-0.1, -0.05) is 163 Å². The van der Waals surface area contributed by atoms with E-state index in [4.69, 9.17) is 30.5 Å². The topological polar surface area (TPSA) is 13.1 Å². The molecule has 0 saturated carbocycles. The van der Waals surface area contributed by atoms with Crippen LogP contribution in [-0.2, 0) is 0 Å². The van der Waals surface area contributed by atoms with Gasteiger partial charge >= 0.3 is 0 Å². The molecule has 0 fully saturated rings. The van der Waals surface area contributed by atoms with Gasteiger partial charge in [0.1, 0.15) is 11.2 Å². The zero-order valence-electron chi connectivity index (χ0n) is 49.5. The van der Waals surface area contributed by atoms with E-state index in [1.165, 1.54) is 0 Å². The Morgan fingerprint density at radius 2 is 0.822 bits per heavy atom. The highest BCUT2D eigenvalue weighted by atomic mass is 16.3. The van der Waals surface area contributed by atoms with Crippen molar-refractivity contribution in [2.45, 2.75) is 0 Å². The van der Waals surface area contributed by atoms with Crippen LogP contribution in [0.15, 0.2) is 174 Å². The number of rotatable bonds is 4. The molecule has 0 atom stereocenters. The lowest BCUT2D eigenvalue weighted by Crippen LogP contribution is -1.92. The van der Waals surface area contributed by atoms with E-state index in [0.717, 1.165) is 6.07 Å². The predicted octanol–water partition coefficient (Wildman–Crippen LogP) is 12.6. The van der Waals surface area contributed by atoms with Crippen LogP contribution in [0.5, 0.6) is 0 Å². The summed E-state index contributed by atoms with van der Waals surface area (Å²) in [6.07, 6.45) is 0. The number of para-hydroxylation sites is 1. The van der Waals surface area contributed by atoms with Gasteiger partial charge in [0.25, 0.3) is 0 Å². The summed E-state index contributed by atoms with van der Waals surface area (Å²) in [5.41, 5.74) is -6.95. The average molecular weight is 600 g/mol. The molecule has 0 aliphatic carbocycles. The summed E-state index contributed by atoms with van der Waals surface area (Å²) in [5.74, 6) is 0. The first-order valence-corrected chi connectivity index (χ1v) is 13.2. The maximum atomic E-state index is 9.51. The number of furan rings is 1. The van der Waals surface area contributed by atoms with Crippen molar-refractivity contribution in [3.05, 3.63) is 169 Å². The first-order chi connectivity index (χ1) is 33.6. The molecule has 1 nitrogen and oxygen atoms in total. The van der Waals surface area contributed by atoms with Gasteiger partial charge in [-0.25, -0.2) is 0 Å². The first kappa shape index (κ1) is 10.3. The van der Waals surface area contributed by atoms with Gasteiger partial charge in [0.15, 0.2) is 0 Å². The van der Waals surface area contributed by atoms with Crippen molar-refractivity contribution in [1.82, 2.24) is 0 Å². The second kappa shape index (κ2) is 10.4. The zero-order valence-corrected chi connectivity index (χ0v) is 22.5. The van der Waals surface area contributed by atoms with Crippen LogP contribution in [0.2, 0.25) is 0 Å². The Morgan fingerprint density at radius 3 is 1.44 bits per heavy atom. The Labute approximate surface area is 299 Å². The third-order valence-electron chi connectivity index (χ3n) is 7.26. The molecular formula is C44H28O. The van der Waals surface area contributed by atoms with Crippen molar-refractivity contribution in [2.75, 3.05) is 0 Å². The average Bonchev–Trinajstić information content (AvgIpc) is 3.72.